The van der Waals surface area contributed by atoms with Crippen molar-refractivity contribution >= 4 is 35.9 Å². The van der Waals surface area contributed by atoms with Crippen LogP contribution in [0.25, 0.3) is 0 Å². The number of nitrogens with zero attached hydrogens (tertiary/aromatic N) is 1. The SMILES string of the molecule is CC1(CNC(=O)c2cccc(N)n2)CCCS1.Cl. The van der Waals surface area contributed by atoms with E-state index in [1.807, 2.05) is 11.8 Å². The Balaban J connectivity index is 0.00000162. The van der Waals surface area contributed by atoms with E-state index in [0.29, 0.717) is 18.1 Å². The molecule has 4 nitrogen and oxygen atoms in total. The number of hydrogen-bond acceptors (Lipinski definition) is 4. The molecule has 0 bridgehead atoms. The lowest BCUT2D eigenvalue weighted by atomic mass is 10.1. The summed E-state index contributed by atoms with van der Waals surface area (Å²) < 4.78 is 0.177. The summed E-state index contributed by atoms with van der Waals surface area (Å²) in [4.78, 5) is 15.9. The molecule has 100 valence electrons. The molecule has 1 saturated heterocycles. The third kappa shape index (κ3) is 3.78. The van der Waals surface area contributed by atoms with E-state index in [2.05, 4.69) is 17.2 Å². The van der Waals surface area contributed by atoms with E-state index >= 15 is 0 Å². The smallest absolute Gasteiger partial charge is 0.270 e. The lowest BCUT2D eigenvalue weighted by molar-refractivity contribution is 0.0945. The molecule has 1 aromatic heterocycles. The molecule has 0 aromatic carbocycles. The Morgan fingerprint density at radius 2 is 2.39 bits per heavy atom. The third-order valence-corrected chi connectivity index (χ3v) is 4.46. The van der Waals surface area contributed by atoms with Crippen molar-refractivity contribution in [2.45, 2.75) is 24.5 Å². The first-order valence-corrected chi connectivity index (χ1v) is 6.72. The van der Waals surface area contributed by atoms with Crippen LogP contribution in [0.2, 0.25) is 0 Å². The molecule has 0 radical (unpaired) electrons. The maximum absolute atomic E-state index is 11.9. The Kier molecular flexibility index (Phi) is 5.28. The highest BCUT2D eigenvalue weighted by atomic mass is 35.5. The van der Waals surface area contributed by atoms with Gasteiger partial charge in [-0.05, 0) is 37.7 Å². The zero-order valence-electron chi connectivity index (χ0n) is 10.3. The van der Waals surface area contributed by atoms with Crippen LogP contribution in [0.1, 0.15) is 30.3 Å². The van der Waals surface area contributed by atoms with Gasteiger partial charge in [-0.25, -0.2) is 4.98 Å². The number of carbonyl (C=O) groups excluding carboxylic acids is 1. The van der Waals surface area contributed by atoms with Gasteiger partial charge in [-0.2, -0.15) is 11.8 Å². The summed E-state index contributed by atoms with van der Waals surface area (Å²) >= 11 is 1.93. The molecular formula is C12H18ClN3OS. The quantitative estimate of drug-likeness (QED) is 0.893. The largest absolute Gasteiger partial charge is 0.384 e. The second kappa shape index (κ2) is 6.29. The summed E-state index contributed by atoms with van der Waals surface area (Å²) in [6.45, 7) is 2.88. The normalized spacial score (nSPS) is 22.3. The van der Waals surface area contributed by atoms with Gasteiger partial charge < -0.3 is 11.1 Å². The fourth-order valence-corrected chi connectivity index (χ4v) is 3.16. The Labute approximate surface area is 118 Å². The number of nitrogens with two attached hydrogens (primary N) is 1. The first-order valence-electron chi connectivity index (χ1n) is 5.74. The topological polar surface area (TPSA) is 68.0 Å². The molecular weight excluding hydrogens is 270 g/mol. The number of rotatable bonds is 3. The molecule has 2 rings (SSSR count). The van der Waals surface area contributed by atoms with Gasteiger partial charge in [-0.3, -0.25) is 4.79 Å². The maximum Gasteiger partial charge on any atom is 0.270 e. The zero-order valence-corrected chi connectivity index (χ0v) is 11.9. The first kappa shape index (κ1) is 15.1. The van der Waals surface area contributed by atoms with E-state index in [1.165, 1.54) is 12.2 Å². The molecule has 1 fully saturated rings. The molecule has 1 aliphatic heterocycles. The predicted octanol–water partition coefficient (Wildman–Crippen LogP) is 2.10. The number of nitrogen functional groups attached to an aromatic ring is 1. The van der Waals surface area contributed by atoms with Crippen molar-refractivity contribution in [1.29, 1.82) is 0 Å². The van der Waals surface area contributed by atoms with E-state index in [9.17, 15) is 4.79 Å². The number of nitrogens with one attached hydrogen (secondary N) is 1. The van der Waals surface area contributed by atoms with Crippen LogP contribution in [0, 0.1) is 0 Å². The summed E-state index contributed by atoms with van der Waals surface area (Å²) in [7, 11) is 0. The number of carbonyl (C=O) groups is 1. The van der Waals surface area contributed by atoms with Crippen LogP contribution < -0.4 is 11.1 Å². The highest BCUT2D eigenvalue weighted by molar-refractivity contribution is 8.00. The van der Waals surface area contributed by atoms with E-state index < -0.39 is 0 Å². The molecule has 0 spiro atoms. The second-order valence-corrected chi connectivity index (χ2v) is 6.21. The van der Waals surface area contributed by atoms with Crippen LogP contribution in [0.4, 0.5) is 5.82 Å². The van der Waals surface area contributed by atoms with E-state index in [0.717, 1.165) is 6.42 Å². The fourth-order valence-electron chi connectivity index (χ4n) is 1.91. The van der Waals surface area contributed by atoms with Crippen molar-refractivity contribution in [2.75, 3.05) is 18.0 Å². The number of anilines is 1. The molecule has 0 saturated carbocycles. The third-order valence-electron chi connectivity index (χ3n) is 2.93. The molecule has 3 N–H and O–H groups in total. The number of thioether (sulfide) groups is 1. The van der Waals surface area contributed by atoms with Crippen LogP contribution in [0.3, 0.4) is 0 Å². The Hall–Kier alpha value is -0.940. The molecule has 0 aliphatic carbocycles. The van der Waals surface area contributed by atoms with Gasteiger partial charge in [0.2, 0.25) is 0 Å². The number of halogens is 1. The minimum atomic E-state index is -0.147. The van der Waals surface area contributed by atoms with Gasteiger partial charge in [0.25, 0.3) is 5.91 Å². The van der Waals surface area contributed by atoms with Gasteiger partial charge in [0.15, 0.2) is 0 Å². The molecule has 2 heterocycles. The highest BCUT2D eigenvalue weighted by Gasteiger charge is 2.29. The molecule has 1 unspecified atom stereocenters. The van der Waals surface area contributed by atoms with Gasteiger partial charge in [-0.1, -0.05) is 6.07 Å². The Bertz CT molecular complexity index is 422. The van der Waals surface area contributed by atoms with Crippen molar-refractivity contribution in [2.24, 2.45) is 0 Å². The number of amides is 1. The van der Waals surface area contributed by atoms with Crippen molar-refractivity contribution in [3.63, 3.8) is 0 Å². The molecule has 1 aromatic rings. The number of aromatic nitrogens is 1. The van der Waals surface area contributed by atoms with Gasteiger partial charge in [0.1, 0.15) is 11.5 Å². The highest BCUT2D eigenvalue weighted by Crippen LogP contribution is 2.36. The van der Waals surface area contributed by atoms with Crippen LogP contribution in [-0.4, -0.2) is 27.9 Å². The molecule has 18 heavy (non-hydrogen) atoms. The molecule has 1 aliphatic rings. The Morgan fingerprint density at radius 3 is 3.00 bits per heavy atom. The monoisotopic (exact) mass is 287 g/mol. The lowest BCUT2D eigenvalue weighted by Gasteiger charge is -2.22. The van der Waals surface area contributed by atoms with Crippen LogP contribution >= 0.6 is 24.2 Å². The minimum Gasteiger partial charge on any atom is -0.384 e. The zero-order chi connectivity index (χ0) is 12.3. The van der Waals surface area contributed by atoms with E-state index in [1.54, 1.807) is 18.2 Å². The van der Waals surface area contributed by atoms with Gasteiger partial charge in [0.05, 0.1) is 0 Å². The van der Waals surface area contributed by atoms with Crippen molar-refractivity contribution in [3.8, 4) is 0 Å². The summed E-state index contributed by atoms with van der Waals surface area (Å²) in [6.07, 6.45) is 2.38. The van der Waals surface area contributed by atoms with Crippen LogP contribution in [0.15, 0.2) is 18.2 Å². The summed E-state index contributed by atoms with van der Waals surface area (Å²) in [5, 5.41) is 2.93. The van der Waals surface area contributed by atoms with Crippen molar-refractivity contribution < 1.29 is 4.79 Å². The lowest BCUT2D eigenvalue weighted by Crippen LogP contribution is -2.37. The second-order valence-electron chi connectivity index (χ2n) is 4.53. The summed E-state index contributed by atoms with van der Waals surface area (Å²) in [5.41, 5.74) is 5.93. The predicted molar refractivity (Wildman–Crippen MR) is 78.3 cm³/mol. The molecule has 1 amide bonds. The average molecular weight is 288 g/mol. The van der Waals surface area contributed by atoms with Gasteiger partial charge >= 0.3 is 0 Å². The van der Waals surface area contributed by atoms with Gasteiger partial charge in [-0.15, -0.1) is 12.4 Å². The number of hydrogen-bond donors (Lipinski definition) is 2. The van der Waals surface area contributed by atoms with E-state index in [-0.39, 0.29) is 23.1 Å². The molecule has 6 heteroatoms. The van der Waals surface area contributed by atoms with Crippen molar-refractivity contribution in [1.82, 2.24) is 10.3 Å². The Morgan fingerprint density at radius 1 is 1.61 bits per heavy atom. The van der Waals surface area contributed by atoms with E-state index in [4.69, 9.17) is 5.73 Å². The minimum absolute atomic E-state index is 0. The fraction of sp³-hybridized carbons (Fsp3) is 0.500. The number of pyridine rings is 1. The van der Waals surface area contributed by atoms with Gasteiger partial charge in [0, 0.05) is 11.3 Å². The van der Waals surface area contributed by atoms with Crippen LogP contribution in [-0.2, 0) is 0 Å². The summed E-state index contributed by atoms with van der Waals surface area (Å²) in [5.74, 6) is 1.41. The summed E-state index contributed by atoms with van der Waals surface area (Å²) in [6, 6.07) is 5.09. The van der Waals surface area contributed by atoms with Crippen molar-refractivity contribution in [3.05, 3.63) is 23.9 Å². The first-order chi connectivity index (χ1) is 8.09. The maximum atomic E-state index is 11.9. The molecule has 1 atom stereocenters. The average Bonchev–Trinajstić information content (AvgIpc) is 2.74. The van der Waals surface area contributed by atoms with Crippen LogP contribution in [0.5, 0.6) is 0 Å². The standard InChI is InChI=1S/C12H17N3OS.ClH/c1-12(6-3-7-17-12)8-14-11(16)9-4-2-5-10(13)15-9;/h2,4-5H,3,6-8H2,1H3,(H2,13,15)(H,14,16);1H.